The summed E-state index contributed by atoms with van der Waals surface area (Å²) < 4.78 is 16.6. The highest BCUT2D eigenvalue weighted by Crippen LogP contribution is 2.46. The average molecular weight is 422 g/mol. The molecule has 0 fully saturated rings. The summed E-state index contributed by atoms with van der Waals surface area (Å²) in [4.78, 5) is 31.3. The van der Waals surface area contributed by atoms with Gasteiger partial charge in [-0.2, -0.15) is 0 Å². The first-order valence-electron chi connectivity index (χ1n) is 9.92. The van der Waals surface area contributed by atoms with Gasteiger partial charge < -0.3 is 20.4 Å². The predicted molar refractivity (Wildman–Crippen MR) is 115 cm³/mol. The number of carbonyl (C=O) groups excluding carboxylic acids is 1. The zero-order chi connectivity index (χ0) is 21.5. The summed E-state index contributed by atoms with van der Waals surface area (Å²) in [6, 6.07) is 12.1. The molecular formula is C21H31N2O5P. The fraction of sp³-hybridized carbons (Fsp3) is 0.476. The van der Waals surface area contributed by atoms with Crippen LogP contribution < -0.4 is 10.6 Å². The zero-order valence-corrected chi connectivity index (χ0v) is 18.1. The van der Waals surface area contributed by atoms with Gasteiger partial charge in [0.25, 0.3) is 0 Å². The highest BCUT2D eigenvalue weighted by Gasteiger charge is 2.39. The van der Waals surface area contributed by atoms with Crippen LogP contribution in [-0.2, 0) is 9.09 Å². The second-order valence-corrected chi connectivity index (χ2v) is 8.81. The van der Waals surface area contributed by atoms with Crippen LogP contribution >= 0.6 is 7.82 Å². The molecule has 2 aromatic carbocycles. The fourth-order valence-electron chi connectivity index (χ4n) is 3.42. The molecule has 29 heavy (non-hydrogen) atoms. The van der Waals surface area contributed by atoms with Gasteiger partial charge in [0.2, 0.25) is 0 Å². The number of nitrogens with one attached hydrogen (secondary N) is 2. The topological polar surface area (TPSA) is 108 Å². The van der Waals surface area contributed by atoms with Gasteiger partial charge >= 0.3 is 13.9 Å². The van der Waals surface area contributed by atoms with E-state index in [1.54, 1.807) is 13.8 Å². The van der Waals surface area contributed by atoms with E-state index >= 15 is 0 Å². The molecule has 0 aliphatic rings. The van der Waals surface area contributed by atoms with Crippen LogP contribution in [-0.4, -0.2) is 28.0 Å². The lowest BCUT2D eigenvalue weighted by atomic mass is 9.88. The third kappa shape index (κ3) is 7.12. The second kappa shape index (κ2) is 10.2. The molecule has 160 valence electrons. The van der Waals surface area contributed by atoms with Gasteiger partial charge in [0, 0.05) is 6.54 Å². The van der Waals surface area contributed by atoms with Gasteiger partial charge in [-0.25, -0.2) is 9.36 Å². The maximum atomic E-state index is 12.5. The number of unbranched alkanes of at least 4 members (excludes halogenated alkanes) is 3. The minimum absolute atomic E-state index is 0.401. The number of benzene rings is 2. The van der Waals surface area contributed by atoms with E-state index in [-0.39, 0.29) is 0 Å². The first kappa shape index (κ1) is 23.4. The molecule has 0 aromatic heterocycles. The third-order valence-corrected chi connectivity index (χ3v) is 5.48. The third-order valence-electron chi connectivity index (χ3n) is 4.78. The number of hydrogen-bond donors (Lipinski definition) is 4. The molecule has 0 saturated heterocycles. The lowest BCUT2D eigenvalue weighted by Gasteiger charge is -2.35. The molecule has 1 unspecified atom stereocenters. The summed E-state index contributed by atoms with van der Waals surface area (Å²) in [5.41, 5.74) is -0.634. The summed E-state index contributed by atoms with van der Waals surface area (Å²) in [6.07, 6.45) is 4.15. The van der Waals surface area contributed by atoms with E-state index in [4.69, 9.17) is 4.52 Å². The molecule has 7 nitrogen and oxygen atoms in total. The maximum absolute atomic E-state index is 12.5. The second-order valence-electron chi connectivity index (χ2n) is 7.65. The Morgan fingerprint density at radius 2 is 1.79 bits per heavy atom. The normalized spacial score (nSPS) is 13.3. The number of phosphoric acid groups is 1. The van der Waals surface area contributed by atoms with Gasteiger partial charge in [-0.05, 0) is 36.6 Å². The summed E-state index contributed by atoms with van der Waals surface area (Å²) in [5.74, 6) is 0. The van der Waals surface area contributed by atoms with Crippen LogP contribution in [0.4, 0.5) is 4.79 Å². The van der Waals surface area contributed by atoms with Crippen LogP contribution in [0.5, 0.6) is 0 Å². The number of phosphoric ester groups is 1. The Hall–Kier alpha value is -1.92. The van der Waals surface area contributed by atoms with Gasteiger partial charge in [0.15, 0.2) is 0 Å². The van der Waals surface area contributed by atoms with Gasteiger partial charge in [0.05, 0.1) is 11.6 Å². The van der Waals surface area contributed by atoms with Crippen LogP contribution in [0, 0.1) is 0 Å². The van der Waals surface area contributed by atoms with Crippen molar-refractivity contribution in [2.75, 3.05) is 6.54 Å². The average Bonchev–Trinajstić information content (AvgIpc) is 2.63. The number of carbonyl (C=O) groups is 1. The van der Waals surface area contributed by atoms with Gasteiger partial charge in [0.1, 0.15) is 0 Å². The summed E-state index contributed by atoms with van der Waals surface area (Å²) in [5, 5.41) is 7.53. The van der Waals surface area contributed by atoms with Gasteiger partial charge in [-0.15, -0.1) is 0 Å². The fourth-order valence-corrected chi connectivity index (χ4v) is 4.14. The number of urea groups is 1. The van der Waals surface area contributed by atoms with Crippen molar-refractivity contribution in [2.24, 2.45) is 0 Å². The molecule has 0 heterocycles. The number of fused-ring (bicyclic) bond motifs is 1. The van der Waals surface area contributed by atoms with Crippen molar-refractivity contribution in [3.63, 3.8) is 0 Å². The first-order chi connectivity index (χ1) is 13.6. The zero-order valence-electron chi connectivity index (χ0n) is 17.2. The quantitative estimate of drug-likeness (QED) is 0.329. The Bertz CT molecular complexity index is 860. The van der Waals surface area contributed by atoms with E-state index in [1.165, 1.54) is 0 Å². The van der Waals surface area contributed by atoms with Crippen LogP contribution in [0.3, 0.4) is 0 Å². The highest BCUT2D eigenvalue weighted by molar-refractivity contribution is 7.46. The molecule has 2 aromatic rings. The van der Waals surface area contributed by atoms with Crippen molar-refractivity contribution < 1.29 is 23.7 Å². The van der Waals surface area contributed by atoms with E-state index in [2.05, 4.69) is 17.6 Å². The van der Waals surface area contributed by atoms with Crippen LogP contribution in [0.2, 0.25) is 0 Å². The molecule has 0 saturated carbocycles. The van der Waals surface area contributed by atoms with E-state index in [0.29, 0.717) is 6.54 Å². The SMILES string of the molecule is CCCCCCNC(=O)NC(c1cccc2ccccc12)C(C)(C)OP(=O)(O)O. The van der Waals surface area contributed by atoms with E-state index in [9.17, 15) is 19.1 Å². The summed E-state index contributed by atoms with van der Waals surface area (Å²) >= 11 is 0. The standard InChI is InChI=1S/C21H31N2O5P/c1-4-5-6-9-15-22-20(24)23-19(21(2,3)28-29(25,26)27)18-14-10-12-16-11-7-8-13-17(16)18/h7-8,10-14,19H,4-6,9,15H2,1-3H3,(H2,22,23,24)(H2,25,26,27). The highest BCUT2D eigenvalue weighted by atomic mass is 31.2. The number of hydrogen-bond acceptors (Lipinski definition) is 3. The van der Waals surface area contributed by atoms with Crippen molar-refractivity contribution in [2.45, 2.75) is 58.1 Å². The number of rotatable bonds is 10. The van der Waals surface area contributed by atoms with Crippen molar-refractivity contribution in [1.29, 1.82) is 0 Å². The molecule has 0 aliphatic carbocycles. The predicted octanol–water partition coefficient (Wildman–Crippen LogP) is 4.65. The lowest BCUT2D eigenvalue weighted by molar-refractivity contribution is 0.0342. The Morgan fingerprint density at radius 3 is 2.48 bits per heavy atom. The van der Waals surface area contributed by atoms with E-state index < -0.39 is 25.5 Å². The van der Waals surface area contributed by atoms with Crippen molar-refractivity contribution in [3.05, 3.63) is 48.0 Å². The van der Waals surface area contributed by atoms with Gasteiger partial charge in [-0.1, -0.05) is 68.7 Å². The molecule has 1 atom stereocenters. The van der Waals surface area contributed by atoms with Crippen molar-refractivity contribution >= 4 is 24.6 Å². The molecule has 0 bridgehead atoms. The minimum Gasteiger partial charge on any atom is -0.338 e. The summed E-state index contributed by atoms with van der Waals surface area (Å²) in [7, 11) is -4.77. The first-order valence-corrected chi connectivity index (χ1v) is 11.5. The molecule has 4 N–H and O–H groups in total. The molecule has 0 spiro atoms. The smallest absolute Gasteiger partial charge is 0.338 e. The van der Waals surface area contributed by atoms with Crippen LogP contribution in [0.1, 0.15) is 58.1 Å². The minimum atomic E-state index is -4.77. The Labute approximate surface area is 172 Å². The lowest BCUT2D eigenvalue weighted by Crippen LogP contribution is -2.47. The maximum Gasteiger partial charge on any atom is 0.470 e. The molecule has 0 radical (unpaired) electrons. The van der Waals surface area contributed by atoms with E-state index in [1.807, 2.05) is 42.5 Å². The molecule has 0 aliphatic heterocycles. The largest absolute Gasteiger partial charge is 0.470 e. The van der Waals surface area contributed by atoms with Gasteiger partial charge in [-0.3, -0.25) is 4.52 Å². The molecule has 2 amide bonds. The van der Waals surface area contributed by atoms with Crippen molar-refractivity contribution in [3.8, 4) is 0 Å². The Balaban J connectivity index is 2.29. The summed E-state index contributed by atoms with van der Waals surface area (Å²) in [6.45, 7) is 5.77. The monoisotopic (exact) mass is 422 g/mol. The Kier molecular flexibility index (Phi) is 8.23. The Morgan fingerprint density at radius 1 is 1.10 bits per heavy atom. The van der Waals surface area contributed by atoms with Crippen LogP contribution in [0.25, 0.3) is 10.8 Å². The van der Waals surface area contributed by atoms with E-state index in [0.717, 1.165) is 42.0 Å². The molecule has 8 heteroatoms. The van der Waals surface area contributed by atoms with Crippen molar-refractivity contribution in [1.82, 2.24) is 10.6 Å². The van der Waals surface area contributed by atoms with Crippen LogP contribution in [0.15, 0.2) is 42.5 Å². The molecular weight excluding hydrogens is 391 g/mol. The number of amides is 2. The molecule has 2 rings (SSSR count).